The molecule has 2 aliphatic heterocycles. The molecular weight excluding hydrogens is 411 g/mol. The van der Waals surface area contributed by atoms with Crippen LogP contribution in [0.5, 0.6) is 5.88 Å². The Bertz CT molecular complexity index is 1270. The Balaban J connectivity index is 1.56. The summed E-state index contributed by atoms with van der Waals surface area (Å²) in [4.78, 5) is 27.7. The minimum absolute atomic E-state index is 0.0739. The molecule has 0 aliphatic carbocycles. The fraction of sp³-hybridized carbons (Fsp3) is 0.273. The van der Waals surface area contributed by atoms with Crippen molar-refractivity contribution in [2.45, 2.75) is 31.6 Å². The van der Waals surface area contributed by atoms with Crippen LogP contribution in [0.3, 0.4) is 0 Å². The third-order valence-corrected chi connectivity index (χ3v) is 6.02. The van der Waals surface area contributed by atoms with Crippen LogP contribution in [-0.2, 0) is 6.18 Å². The molecule has 0 unspecified atom stereocenters. The van der Waals surface area contributed by atoms with E-state index in [9.17, 15) is 27.9 Å². The van der Waals surface area contributed by atoms with E-state index in [1.807, 2.05) is 13.0 Å². The Morgan fingerprint density at radius 1 is 1.13 bits per heavy atom. The third kappa shape index (κ3) is 2.87. The molecule has 6 nitrogen and oxygen atoms in total. The number of alkyl halides is 3. The summed E-state index contributed by atoms with van der Waals surface area (Å²) in [5, 5.41) is 10.8. The molecule has 1 aromatic heterocycles. The topological polar surface area (TPSA) is 67.5 Å². The van der Waals surface area contributed by atoms with Crippen LogP contribution in [0.15, 0.2) is 53.3 Å². The number of aromatic nitrogens is 2. The molecule has 2 atom stereocenters. The molecule has 3 heterocycles. The highest BCUT2D eigenvalue weighted by molar-refractivity contribution is 5.95. The number of hydrogen-bond acceptors (Lipinski definition) is 3. The molecule has 3 aromatic rings. The maximum Gasteiger partial charge on any atom is 0.416 e. The molecule has 31 heavy (non-hydrogen) atoms. The lowest BCUT2D eigenvalue weighted by Crippen LogP contribution is -2.37. The van der Waals surface area contributed by atoms with Gasteiger partial charge in [0.15, 0.2) is 0 Å². The number of aryl methyl sites for hydroxylation is 1. The molecule has 0 spiro atoms. The number of halogens is 3. The SMILES string of the molecule is Cc1cccc(C(=O)N2C[C@@H]3C[C@H]2c2c(O)n(-c4cccc(C(F)(F)F)c4)c(=O)n23)c1. The van der Waals surface area contributed by atoms with Crippen molar-refractivity contribution in [3.63, 3.8) is 0 Å². The maximum absolute atomic E-state index is 13.1. The first-order valence-corrected chi connectivity index (χ1v) is 9.78. The van der Waals surface area contributed by atoms with Gasteiger partial charge in [0.2, 0.25) is 5.88 Å². The van der Waals surface area contributed by atoms with Crippen molar-refractivity contribution in [1.29, 1.82) is 0 Å². The van der Waals surface area contributed by atoms with Crippen LogP contribution in [0.25, 0.3) is 5.69 Å². The number of aromatic hydroxyl groups is 1. The second-order valence-corrected chi connectivity index (χ2v) is 7.98. The number of imidazole rings is 1. The Morgan fingerprint density at radius 3 is 2.58 bits per heavy atom. The van der Waals surface area contributed by atoms with Gasteiger partial charge in [0.05, 0.1) is 23.3 Å². The first-order chi connectivity index (χ1) is 14.7. The van der Waals surface area contributed by atoms with Crippen molar-refractivity contribution in [2.24, 2.45) is 0 Å². The van der Waals surface area contributed by atoms with Gasteiger partial charge in [-0.05, 0) is 43.7 Å². The van der Waals surface area contributed by atoms with Gasteiger partial charge in [-0.2, -0.15) is 13.2 Å². The van der Waals surface area contributed by atoms with Crippen LogP contribution in [-0.4, -0.2) is 31.6 Å². The number of benzene rings is 2. The molecule has 160 valence electrons. The van der Waals surface area contributed by atoms with E-state index in [1.54, 1.807) is 23.1 Å². The quantitative estimate of drug-likeness (QED) is 0.674. The molecule has 1 fully saturated rings. The molecule has 1 N–H and O–H groups in total. The highest BCUT2D eigenvalue weighted by Gasteiger charge is 2.49. The van der Waals surface area contributed by atoms with Crippen LogP contribution in [0, 0.1) is 6.92 Å². The molecule has 2 bridgehead atoms. The number of nitrogens with zero attached hydrogens (tertiary/aromatic N) is 3. The summed E-state index contributed by atoms with van der Waals surface area (Å²) < 4.78 is 41.6. The molecule has 2 aromatic carbocycles. The predicted octanol–water partition coefficient (Wildman–Crippen LogP) is 3.81. The highest BCUT2D eigenvalue weighted by atomic mass is 19.4. The summed E-state index contributed by atoms with van der Waals surface area (Å²) in [5.41, 5.74) is 0.114. The summed E-state index contributed by atoms with van der Waals surface area (Å²) in [7, 11) is 0. The molecule has 1 saturated heterocycles. The van der Waals surface area contributed by atoms with Crippen LogP contribution in [0.2, 0.25) is 0 Å². The van der Waals surface area contributed by atoms with E-state index in [4.69, 9.17) is 0 Å². The lowest BCUT2D eigenvalue weighted by Gasteiger charge is -2.27. The second-order valence-electron chi connectivity index (χ2n) is 7.98. The Hall–Kier alpha value is -3.49. The van der Waals surface area contributed by atoms with Gasteiger partial charge >= 0.3 is 11.9 Å². The zero-order chi connectivity index (χ0) is 22.1. The van der Waals surface area contributed by atoms with Gasteiger partial charge in [0.1, 0.15) is 5.69 Å². The standard InChI is InChI=1S/C22H18F3N3O3/c1-12-4-2-5-13(8-12)19(29)26-11-16-10-17(26)18-20(30)28(21(31)27(16)18)15-7-3-6-14(9-15)22(23,24)25/h2-9,16-17,30H,10-11H2,1H3/t16-,17-/m0/s1. The van der Waals surface area contributed by atoms with Crippen molar-refractivity contribution < 1.29 is 23.1 Å². The lowest BCUT2D eigenvalue weighted by atomic mass is 10.1. The van der Waals surface area contributed by atoms with Gasteiger partial charge in [0.25, 0.3) is 5.91 Å². The van der Waals surface area contributed by atoms with Crippen LogP contribution in [0.4, 0.5) is 13.2 Å². The molecule has 0 radical (unpaired) electrons. The fourth-order valence-corrected chi connectivity index (χ4v) is 4.67. The minimum atomic E-state index is -4.58. The number of rotatable bonds is 2. The average Bonchev–Trinajstić information content (AvgIpc) is 3.38. The zero-order valence-corrected chi connectivity index (χ0v) is 16.4. The minimum Gasteiger partial charge on any atom is -0.493 e. The van der Waals surface area contributed by atoms with Gasteiger partial charge in [-0.3, -0.25) is 9.36 Å². The van der Waals surface area contributed by atoms with Crippen molar-refractivity contribution in [3.8, 4) is 11.6 Å². The van der Waals surface area contributed by atoms with Gasteiger partial charge in [-0.15, -0.1) is 0 Å². The van der Waals surface area contributed by atoms with Crippen molar-refractivity contribution in [1.82, 2.24) is 14.0 Å². The predicted molar refractivity (Wildman–Crippen MR) is 105 cm³/mol. The summed E-state index contributed by atoms with van der Waals surface area (Å²) in [6.45, 7) is 2.18. The van der Waals surface area contributed by atoms with Crippen molar-refractivity contribution in [3.05, 3.63) is 81.4 Å². The summed E-state index contributed by atoms with van der Waals surface area (Å²) >= 11 is 0. The van der Waals surface area contributed by atoms with Crippen LogP contribution in [0.1, 0.15) is 45.7 Å². The maximum atomic E-state index is 13.1. The van der Waals surface area contributed by atoms with E-state index in [1.165, 1.54) is 16.7 Å². The van der Waals surface area contributed by atoms with Gasteiger partial charge in [0, 0.05) is 12.1 Å². The van der Waals surface area contributed by atoms with Crippen molar-refractivity contribution >= 4 is 5.91 Å². The average molecular weight is 429 g/mol. The third-order valence-electron chi connectivity index (χ3n) is 6.02. The normalized spacial score (nSPS) is 19.7. The van der Waals surface area contributed by atoms with E-state index in [0.717, 1.165) is 22.3 Å². The number of carbonyl (C=O) groups excluding carboxylic acids is 1. The second kappa shape index (κ2) is 6.50. The summed E-state index contributed by atoms with van der Waals surface area (Å²) in [6, 6.07) is 10.6. The zero-order valence-electron chi connectivity index (χ0n) is 16.4. The number of fused-ring (bicyclic) bond motifs is 5. The van der Waals surface area contributed by atoms with E-state index < -0.39 is 29.4 Å². The monoisotopic (exact) mass is 429 g/mol. The molecule has 9 heteroatoms. The van der Waals surface area contributed by atoms with E-state index in [2.05, 4.69) is 0 Å². The number of carbonyl (C=O) groups is 1. The Labute approximate surface area is 174 Å². The first kappa shape index (κ1) is 19.5. The summed E-state index contributed by atoms with van der Waals surface area (Å²) in [5.74, 6) is -0.639. The molecular formula is C22H18F3N3O3. The molecule has 0 saturated carbocycles. The van der Waals surface area contributed by atoms with Crippen molar-refractivity contribution in [2.75, 3.05) is 6.54 Å². The summed E-state index contributed by atoms with van der Waals surface area (Å²) in [6.07, 6.45) is -4.09. The molecule has 2 aliphatic rings. The first-order valence-electron chi connectivity index (χ1n) is 9.78. The van der Waals surface area contributed by atoms with E-state index in [0.29, 0.717) is 18.5 Å². The van der Waals surface area contributed by atoms with Crippen LogP contribution >= 0.6 is 0 Å². The van der Waals surface area contributed by atoms with Gasteiger partial charge < -0.3 is 10.0 Å². The molecule has 5 rings (SSSR count). The van der Waals surface area contributed by atoms with Gasteiger partial charge in [-0.25, -0.2) is 9.36 Å². The van der Waals surface area contributed by atoms with Gasteiger partial charge in [-0.1, -0.05) is 23.8 Å². The largest absolute Gasteiger partial charge is 0.493 e. The fourth-order valence-electron chi connectivity index (χ4n) is 4.67. The highest BCUT2D eigenvalue weighted by Crippen LogP contribution is 2.49. The Kier molecular flexibility index (Phi) is 4.08. The smallest absolute Gasteiger partial charge is 0.416 e. The number of hydrogen-bond donors (Lipinski definition) is 1. The number of likely N-dealkylation sites (tertiary alicyclic amines) is 1. The number of amides is 1. The van der Waals surface area contributed by atoms with E-state index in [-0.39, 0.29) is 23.3 Å². The van der Waals surface area contributed by atoms with Crippen LogP contribution < -0.4 is 5.69 Å². The lowest BCUT2D eigenvalue weighted by molar-refractivity contribution is -0.137. The Morgan fingerprint density at radius 2 is 1.87 bits per heavy atom. The molecule has 1 amide bonds. The van der Waals surface area contributed by atoms with E-state index >= 15 is 0 Å².